The number of nitrogens with one attached hydrogen (secondary N) is 3. The predicted octanol–water partition coefficient (Wildman–Crippen LogP) is -0.0118. The molecule has 0 aromatic heterocycles. The molecule has 0 aliphatic rings. The van der Waals surface area contributed by atoms with Crippen LogP contribution in [0.15, 0.2) is 5.22 Å². The Morgan fingerprint density at radius 2 is 2.50 bits per heavy atom. The summed E-state index contributed by atoms with van der Waals surface area (Å²) in [6.07, 6.45) is 0. The first-order valence-electron chi connectivity index (χ1n) is 1.80. The van der Waals surface area contributed by atoms with Crippen LogP contribution < -0.4 is 8.96 Å². The molecule has 0 rings (SSSR count). The van der Waals surface area contributed by atoms with Crippen molar-refractivity contribution in [1.29, 1.82) is 5.53 Å². The van der Waals surface area contributed by atoms with Crippen molar-refractivity contribution in [1.82, 2.24) is 8.96 Å². The Balaban J connectivity index is 3.18. The van der Waals surface area contributed by atoms with Gasteiger partial charge in [-0.3, -0.25) is 8.32 Å². The minimum atomic E-state index is -0.311. The van der Waals surface area contributed by atoms with Gasteiger partial charge in [-0.1, -0.05) is 5.22 Å². The molecule has 8 heavy (non-hydrogen) atoms. The van der Waals surface area contributed by atoms with Crippen molar-refractivity contribution in [3.05, 3.63) is 0 Å². The lowest BCUT2D eigenvalue weighted by atomic mass is 10.6. The Morgan fingerprint density at radius 1 is 1.88 bits per heavy atom. The van der Waals surface area contributed by atoms with Crippen LogP contribution in [-0.4, -0.2) is 12.5 Å². The summed E-state index contributed by atoms with van der Waals surface area (Å²) in [4.78, 5) is 10.3. The van der Waals surface area contributed by atoms with Crippen molar-refractivity contribution in [2.24, 2.45) is 5.22 Å². The summed E-state index contributed by atoms with van der Waals surface area (Å²) < 4.78 is 2.57. The largest absolute Gasteiger partial charge is 0.272 e. The quantitative estimate of drug-likeness (QED) is 0.275. The molecule has 3 N–H and O–H groups in total. The fourth-order valence-corrected chi connectivity index (χ4v) is 0.509. The molecule has 0 saturated carbocycles. The molecule has 0 fully saturated rings. The lowest BCUT2D eigenvalue weighted by Crippen LogP contribution is -2.25. The lowest BCUT2D eigenvalue weighted by molar-refractivity contribution is -0.120. The minimum absolute atomic E-state index is 0.183. The van der Waals surface area contributed by atoms with Gasteiger partial charge in [-0.25, -0.2) is 5.43 Å². The number of rotatable bonds is 3. The van der Waals surface area contributed by atoms with Crippen LogP contribution in [0.4, 0.5) is 0 Å². The van der Waals surface area contributed by atoms with Crippen LogP contribution in [0.3, 0.4) is 0 Å². The topological polar surface area (TPSA) is 77.3 Å². The van der Waals surface area contributed by atoms with Crippen LogP contribution in [0.5, 0.6) is 0 Å². The average Bonchev–Trinajstić information content (AvgIpc) is 1.68. The van der Waals surface area contributed by atoms with Crippen LogP contribution in [0.2, 0.25) is 0 Å². The fraction of sp³-hybridized carbons (Fsp3) is 0.500. The second-order valence-electron chi connectivity index (χ2n) is 0.957. The third kappa shape index (κ3) is 3.93. The third-order valence-corrected chi connectivity index (χ3v) is 0.789. The van der Waals surface area contributed by atoms with Crippen LogP contribution in [0.1, 0.15) is 0 Å². The van der Waals surface area contributed by atoms with Gasteiger partial charge in [0.1, 0.15) is 0 Å². The molecule has 0 saturated heterocycles. The molecule has 1 amide bonds. The maximum atomic E-state index is 10.3. The van der Waals surface area contributed by atoms with Crippen molar-refractivity contribution in [3.8, 4) is 0 Å². The summed E-state index contributed by atoms with van der Waals surface area (Å²) in [5.41, 5.74) is 8.11. The highest BCUT2D eigenvalue weighted by atomic mass is 127. The maximum Gasteiger partial charge on any atom is 0.256 e. The van der Waals surface area contributed by atoms with E-state index in [1.165, 1.54) is 0 Å². The number of amides is 1. The molecule has 0 spiro atoms. The van der Waals surface area contributed by atoms with Crippen molar-refractivity contribution in [2.75, 3.05) is 6.54 Å². The first-order valence-corrected chi connectivity index (χ1v) is 2.88. The Hall–Kier alpha value is -0.240. The van der Waals surface area contributed by atoms with Crippen LogP contribution in [0, 0.1) is 5.53 Å². The van der Waals surface area contributed by atoms with E-state index in [1.807, 2.05) is 28.3 Å². The summed E-state index contributed by atoms with van der Waals surface area (Å²) in [6, 6.07) is 0. The average molecular weight is 228 g/mol. The van der Waals surface area contributed by atoms with E-state index in [4.69, 9.17) is 5.53 Å². The standard InChI is InChI=1S/C2H5IN4O/c3-5-1-2(8)6-7-4/h5H,1H2,(H2,4,6,8). The first-order chi connectivity index (χ1) is 3.81. The number of nitrogens with zero attached hydrogens (tertiary/aromatic N) is 1. The van der Waals surface area contributed by atoms with Crippen LogP contribution >= 0.6 is 22.9 Å². The van der Waals surface area contributed by atoms with Gasteiger partial charge >= 0.3 is 0 Å². The molecule has 0 heterocycles. The van der Waals surface area contributed by atoms with Gasteiger partial charge in [0.05, 0.1) is 6.54 Å². The third-order valence-electron chi connectivity index (χ3n) is 0.408. The number of halogens is 1. The van der Waals surface area contributed by atoms with Gasteiger partial charge in [-0.05, 0) is 0 Å². The smallest absolute Gasteiger partial charge is 0.256 e. The number of hydrogen-bond donors (Lipinski definition) is 3. The summed E-state index contributed by atoms with van der Waals surface area (Å²) in [7, 11) is 0. The van der Waals surface area contributed by atoms with E-state index in [0.717, 1.165) is 0 Å². The first kappa shape index (κ1) is 7.76. The van der Waals surface area contributed by atoms with Crippen molar-refractivity contribution < 1.29 is 4.79 Å². The Morgan fingerprint density at radius 3 is 2.88 bits per heavy atom. The van der Waals surface area contributed by atoms with E-state index in [1.54, 1.807) is 0 Å². The Kier molecular flexibility index (Phi) is 4.76. The zero-order valence-corrected chi connectivity index (χ0v) is 6.10. The van der Waals surface area contributed by atoms with Gasteiger partial charge in [0.2, 0.25) is 0 Å². The summed E-state index contributed by atoms with van der Waals surface area (Å²) in [6.45, 7) is 0.183. The summed E-state index contributed by atoms with van der Waals surface area (Å²) in [5, 5.41) is 2.66. The number of carbonyl (C=O) groups excluding carboxylic acids is 1. The van der Waals surface area contributed by atoms with Gasteiger partial charge in [-0.15, -0.1) is 0 Å². The highest BCUT2D eigenvalue weighted by Crippen LogP contribution is 1.68. The van der Waals surface area contributed by atoms with Gasteiger partial charge in [0.15, 0.2) is 0 Å². The number of carbonyl (C=O) groups is 1. The van der Waals surface area contributed by atoms with Gasteiger partial charge in [0, 0.05) is 22.9 Å². The molecule has 6 heteroatoms. The second kappa shape index (κ2) is 4.91. The fourth-order valence-electron chi connectivity index (χ4n) is 0.163. The summed E-state index contributed by atoms with van der Waals surface area (Å²) in [5.74, 6) is -0.311. The molecule has 0 unspecified atom stereocenters. The van der Waals surface area contributed by atoms with Crippen molar-refractivity contribution in [3.63, 3.8) is 0 Å². The molecular formula is C2H5IN4O. The van der Waals surface area contributed by atoms with Crippen LogP contribution in [0.25, 0.3) is 0 Å². The normalized spacial score (nSPS) is 8.12. The van der Waals surface area contributed by atoms with Crippen molar-refractivity contribution in [2.45, 2.75) is 0 Å². The molecule has 0 atom stereocenters. The molecule has 0 radical (unpaired) electrons. The maximum absolute atomic E-state index is 10.3. The minimum Gasteiger partial charge on any atom is -0.272 e. The van der Waals surface area contributed by atoms with E-state index in [2.05, 4.69) is 8.75 Å². The molecule has 5 nitrogen and oxygen atoms in total. The van der Waals surface area contributed by atoms with E-state index >= 15 is 0 Å². The lowest BCUT2D eigenvalue weighted by Gasteiger charge is -1.91. The molecule has 0 aromatic rings. The van der Waals surface area contributed by atoms with E-state index in [0.29, 0.717) is 0 Å². The number of hydrogen-bond acceptors (Lipinski definition) is 4. The highest BCUT2D eigenvalue weighted by molar-refractivity contribution is 14.1. The van der Waals surface area contributed by atoms with E-state index < -0.39 is 0 Å². The van der Waals surface area contributed by atoms with Crippen molar-refractivity contribution >= 4 is 28.8 Å². The molecule has 0 aliphatic heterocycles. The van der Waals surface area contributed by atoms with Gasteiger partial charge in [-0.2, -0.15) is 5.53 Å². The summed E-state index contributed by atoms with van der Waals surface area (Å²) >= 11 is 1.83. The molecule has 0 aliphatic carbocycles. The van der Waals surface area contributed by atoms with Crippen LogP contribution in [-0.2, 0) is 4.79 Å². The molecule has 46 valence electrons. The van der Waals surface area contributed by atoms with E-state index in [9.17, 15) is 4.79 Å². The monoisotopic (exact) mass is 228 g/mol. The molecule has 0 bridgehead atoms. The zero-order chi connectivity index (χ0) is 6.41. The Labute approximate surface area is 60.2 Å². The predicted molar refractivity (Wildman–Crippen MR) is 35.3 cm³/mol. The zero-order valence-electron chi connectivity index (χ0n) is 3.94. The van der Waals surface area contributed by atoms with Gasteiger partial charge in [0.25, 0.3) is 5.91 Å². The highest BCUT2D eigenvalue weighted by Gasteiger charge is 1.93. The molecular weight excluding hydrogens is 223 g/mol. The van der Waals surface area contributed by atoms with E-state index in [-0.39, 0.29) is 12.5 Å². The van der Waals surface area contributed by atoms with Gasteiger partial charge < -0.3 is 0 Å². The Bertz CT molecular complexity index is 94.0. The second-order valence-corrected chi connectivity index (χ2v) is 1.72. The SMILES string of the molecule is N=NNC(=O)CNI. The molecule has 0 aromatic carbocycles.